The van der Waals surface area contributed by atoms with E-state index in [-0.39, 0.29) is 17.3 Å². The van der Waals surface area contributed by atoms with E-state index in [2.05, 4.69) is 15.5 Å². The third kappa shape index (κ3) is 5.81. The molecule has 3 aromatic carbocycles. The molecule has 36 heavy (non-hydrogen) atoms. The second kappa shape index (κ2) is 11.4. The molecule has 0 aliphatic heterocycles. The van der Waals surface area contributed by atoms with Crippen molar-refractivity contribution in [1.29, 1.82) is 0 Å². The molecule has 0 radical (unpaired) electrons. The second-order valence-corrected chi connectivity index (χ2v) is 8.53. The number of thioether (sulfide) groups is 1. The Bertz CT molecular complexity index is 1360. The average molecular weight is 506 g/mol. The number of methoxy groups -OCH3 is 2. The van der Waals surface area contributed by atoms with Crippen LogP contribution in [0.1, 0.15) is 5.56 Å². The van der Waals surface area contributed by atoms with E-state index in [0.29, 0.717) is 40.3 Å². The van der Waals surface area contributed by atoms with Gasteiger partial charge in [0.1, 0.15) is 11.5 Å². The molecule has 1 aromatic heterocycles. The van der Waals surface area contributed by atoms with E-state index in [1.54, 1.807) is 37.4 Å². The molecule has 1 heterocycles. The van der Waals surface area contributed by atoms with Gasteiger partial charge in [-0.15, -0.1) is 10.2 Å². The highest BCUT2D eigenvalue weighted by Gasteiger charge is 2.18. The Labute approximate surface area is 211 Å². The van der Waals surface area contributed by atoms with E-state index >= 15 is 0 Å². The molecule has 0 aliphatic carbocycles. The fraction of sp³-hybridized carbons (Fsp3) is 0.160. The van der Waals surface area contributed by atoms with Gasteiger partial charge in [0.25, 0.3) is 5.69 Å². The number of nitrogens with one attached hydrogen (secondary N) is 1. The first kappa shape index (κ1) is 24.7. The molecule has 0 fully saturated rings. The largest absolute Gasteiger partial charge is 0.497 e. The maximum atomic E-state index is 12.8. The maximum Gasteiger partial charge on any atom is 0.269 e. The van der Waals surface area contributed by atoms with Crippen LogP contribution in [0.3, 0.4) is 0 Å². The average Bonchev–Trinajstić information content (AvgIpc) is 3.30. The van der Waals surface area contributed by atoms with Crippen molar-refractivity contribution >= 4 is 29.0 Å². The Balaban J connectivity index is 1.56. The number of nitro benzene ring substituents is 1. The van der Waals surface area contributed by atoms with Gasteiger partial charge in [0, 0.05) is 23.8 Å². The van der Waals surface area contributed by atoms with Crippen molar-refractivity contribution in [2.75, 3.05) is 25.3 Å². The van der Waals surface area contributed by atoms with Crippen LogP contribution in [0, 0.1) is 10.1 Å². The van der Waals surface area contributed by atoms with Crippen LogP contribution in [0.25, 0.3) is 11.4 Å². The summed E-state index contributed by atoms with van der Waals surface area (Å²) in [7, 11) is 3.07. The van der Waals surface area contributed by atoms with Gasteiger partial charge in [0.05, 0.1) is 37.1 Å². The normalized spacial score (nSPS) is 10.6. The fourth-order valence-corrected chi connectivity index (χ4v) is 4.22. The van der Waals surface area contributed by atoms with E-state index in [9.17, 15) is 14.9 Å². The van der Waals surface area contributed by atoms with Crippen LogP contribution in [0.2, 0.25) is 0 Å². The summed E-state index contributed by atoms with van der Waals surface area (Å²) in [6, 6.07) is 21.1. The van der Waals surface area contributed by atoms with Crippen LogP contribution in [0.5, 0.6) is 11.5 Å². The van der Waals surface area contributed by atoms with Gasteiger partial charge < -0.3 is 14.8 Å². The van der Waals surface area contributed by atoms with Crippen molar-refractivity contribution in [3.05, 3.63) is 88.5 Å². The van der Waals surface area contributed by atoms with Gasteiger partial charge >= 0.3 is 0 Å². The highest BCUT2D eigenvalue weighted by molar-refractivity contribution is 7.99. The van der Waals surface area contributed by atoms with E-state index < -0.39 is 4.92 Å². The van der Waals surface area contributed by atoms with E-state index in [1.807, 2.05) is 34.9 Å². The smallest absolute Gasteiger partial charge is 0.269 e. The van der Waals surface area contributed by atoms with Crippen LogP contribution in [0.15, 0.2) is 78.0 Å². The summed E-state index contributed by atoms with van der Waals surface area (Å²) < 4.78 is 12.4. The first-order chi connectivity index (χ1) is 17.5. The second-order valence-electron chi connectivity index (χ2n) is 7.58. The zero-order chi connectivity index (χ0) is 25.5. The van der Waals surface area contributed by atoms with Crippen LogP contribution in [-0.4, -0.2) is 45.6 Å². The molecule has 1 N–H and O–H groups in total. The molecule has 0 bridgehead atoms. The van der Waals surface area contributed by atoms with Crippen molar-refractivity contribution in [3.63, 3.8) is 0 Å². The lowest BCUT2D eigenvalue weighted by atomic mass is 10.2. The first-order valence-corrected chi connectivity index (χ1v) is 11.8. The predicted octanol–water partition coefficient (Wildman–Crippen LogP) is 4.65. The molecular formula is C25H23N5O5S. The highest BCUT2D eigenvalue weighted by atomic mass is 32.2. The topological polar surface area (TPSA) is 121 Å². The van der Waals surface area contributed by atoms with Gasteiger partial charge in [0.2, 0.25) is 5.91 Å². The zero-order valence-corrected chi connectivity index (χ0v) is 20.4. The lowest BCUT2D eigenvalue weighted by molar-refractivity contribution is -0.384. The molecule has 10 nitrogen and oxygen atoms in total. The third-order valence-corrected chi connectivity index (χ3v) is 6.22. The molecule has 0 saturated carbocycles. The van der Waals surface area contributed by atoms with Gasteiger partial charge in [0.15, 0.2) is 11.0 Å². The number of nitro groups is 1. The minimum atomic E-state index is -0.449. The Morgan fingerprint density at radius 3 is 2.44 bits per heavy atom. The van der Waals surface area contributed by atoms with E-state index in [4.69, 9.17) is 9.47 Å². The fourth-order valence-electron chi connectivity index (χ4n) is 3.48. The number of nitrogens with zero attached hydrogens (tertiary/aromatic N) is 4. The number of aromatic nitrogens is 3. The monoisotopic (exact) mass is 505 g/mol. The first-order valence-electron chi connectivity index (χ1n) is 10.8. The maximum absolute atomic E-state index is 12.8. The molecule has 0 spiro atoms. The molecule has 4 rings (SSSR count). The number of anilines is 1. The number of rotatable bonds is 10. The number of carbonyl (C=O) groups is 1. The summed E-state index contributed by atoms with van der Waals surface area (Å²) in [5.74, 6) is 1.48. The molecule has 4 aromatic rings. The quantitative estimate of drug-likeness (QED) is 0.188. The Morgan fingerprint density at radius 2 is 1.78 bits per heavy atom. The molecule has 0 saturated heterocycles. The van der Waals surface area contributed by atoms with Crippen molar-refractivity contribution in [1.82, 2.24) is 14.8 Å². The number of carbonyl (C=O) groups excluding carboxylic acids is 1. The van der Waals surface area contributed by atoms with E-state index in [0.717, 1.165) is 5.56 Å². The summed E-state index contributed by atoms with van der Waals surface area (Å²) in [6.07, 6.45) is 0. The lowest BCUT2D eigenvalue weighted by Gasteiger charge is -2.12. The summed E-state index contributed by atoms with van der Waals surface area (Å²) in [4.78, 5) is 23.3. The van der Waals surface area contributed by atoms with Gasteiger partial charge in [-0.25, -0.2) is 0 Å². The molecule has 0 aliphatic rings. The summed E-state index contributed by atoms with van der Waals surface area (Å²) in [5, 5.41) is 23.0. The summed E-state index contributed by atoms with van der Waals surface area (Å²) in [5.41, 5.74) is 2.20. The highest BCUT2D eigenvalue weighted by Crippen LogP contribution is 2.30. The van der Waals surface area contributed by atoms with Crippen molar-refractivity contribution in [2.45, 2.75) is 11.7 Å². The van der Waals surface area contributed by atoms with Crippen LogP contribution >= 0.6 is 11.8 Å². The minimum Gasteiger partial charge on any atom is -0.497 e. The van der Waals surface area contributed by atoms with E-state index in [1.165, 1.54) is 31.0 Å². The molecule has 0 atom stereocenters. The predicted molar refractivity (Wildman–Crippen MR) is 137 cm³/mol. The van der Waals surface area contributed by atoms with Gasteiger partial charge in [-0.05, 0) is 29.8 Å². The summed E-state index contributed by atoms with van der Waals surface area (Å²) in [6.45, 7) is 0.466. The number of amides is 1. The van der Waals surface area contributed by atoms with Crippen LogP contribution in [0.4, 0.5) is 11.4 Å². The Morgan fingerprint density at radius 1 is 1.03 bits per heavy atom. The molecular weight excluding hydrogens is 482 g/mol. The number of benzene rings is 3. The Kier molecular flexibility index (Phi) is 7.81. The number of hydrogen-bond donors (Lipinski definition) is 1. The molecule has 1 amide bonds. The van der Waals surface area contributed by atoms with Crippen molar-refractivity contribution in [3.8, 4) is 22.9 Å². The minimum absolute atomic E-state index is 0.00730. The Hall–Kier alpha value is -4.38. The van der Waals surface area contributed by atoms with Gasteiger partial charge in [-0.3, -0.25) is 19.5 Å². The van der Waals surface area contributed by atoms with Crippen LogP contribution < -0.4 is 14.8 Å². The number of ether oxygens (including phenoxy) is 2. The van der Waals surface area contributed by atoms with Crippen molar-refractivity contribution < 1.29 is 19.2 Å². The number of non-ortho nitro benzene ring substituents is 1. The van der Waals surface area contributed by atoms with Gasteiger partial charge in [-0.2, -0.15) is 0 Å². The SMILES string of the molecule is COc1ccc(OC)c(NC(=O)CSc2nnc(-c3ccc([N+](=O)[O-])cc3)n2Cc2ccccc2)c1. The third-order valence-electron chi connectivity index (χ3n) is 5.25. The molecule has 184 valence electrons. The lowest BCUT2D eigenvalue weighted by Crippen LogP contribution is -2.15. The standard InChI is InChI=1S/C25H23N5O5S/c1-34-20-12-13-22(35-2)21(14-20)26-23(31)16-36-25-28-27-24(18-8-10-19(11-9-18)30(32)33)29(25)15-17-6-4-3-5-7-17/h3-14H,15-16H2,1-2H3,(H,26,31). The molecule has 0 unspecified atom stereocenters. The molecule has 11 heteroatoms. The van der Waals surface area contributed by atoms with Crippen LogP contribution in [-0.2, 0) is 11.3 Å². The number of hydrogen-bond acceptors (Lipinski definition) is 8. The summed E-state index contributed by atoms with van der Waals surface area (Å²) >= 11 is 1.24. The van der Waals surface area contributed by atoms with Gasteiger partial charge in [-0.1, -0.05) is 42.1 Å². The zero-order valence-electron chi connectivity index (χ0n) is 19.6. The van der Waals surface area contributed by atoms with Crippen molar-refractivity contribution in [2.24, 2.45) is 0 Å².